The van der Waals surface area contributed by atoms with Gasteiger partial charge in [-0.05, 0) is 38.0 Å². The number of rotatable bonds is 9. The Hall–Kier alpha value is -2.33. The molecule has 0 aromatic heterocycles. The molecule has 0 radical (unpaired) electrons. The summed E-state index contributed by atoms with van der Waals surface area (Å²) in [6.45, 7) is 7.43. The third-order valence-corrected chi connectivity index (χ3v) is 5.60. The molecule has 9 nitrogen and oxygen atoms in total. The quantitative estimate of drug-likeness (QED) is 0.638. The summed E-state index contributed by atoms with van der Waals surface area (Å²) >= 11 is 0. The molecule has 1 aromatic rings. The Morgan fingerprint density at radius 3 is 2.29 bits per heavy atom. The van der Waals surface area contributed by atoms with Gasteiger partial charge in [-0.25, -0.2) is 17.5 Å². The lowest BCUT2D eigenvalue weighted by Crippen LogP contribution is -2.47. The van der Waals surface area contributed by atoms with E-state index in [0.29, 0.717) is 6.61 Å². The fraction of sp³-hybridized carbons (Fsp3) is 0.556. The van der Waals surface area contributed by atoms with Gasteiger partial charge in [-0.1, -0.05) is 13.8 Å². The third kappa shape index (κ3) is 6.10. The number of nitrogens with zero attached hydrogens (tertiary/aromatic N) is 1. The van der Waals surface area contributed by atoms with Crippen LogP contribution in [0.4, 0.5) is 10.5 Å². The van der Waals surface area contributed by atoms with Gasteiger partial charge in [-0.3, -0.25) is 4.79 Å². The van der Waals surface area contributed by atoms with E-state index in [9.17, 15) is 18.0 Å². The van der Waals surface area contributed by atoms with E-state index in [1.807, 2.05) is 0 Å². The zero-order valence-corrected chi connectivity index (χ0v) is 17.9. The van der Waals surface area contributed by atoms with E-state index in [1.54, 1.807) is 33.8 Å². The number of nitrogens with one attached hydrogen (secondary N) is 2. The van der Waals surface area contributed by atoms with Gasteiger partial charge in [0, 0.05) is 19.8 Å². The van der Waals surface area contributed by atoms with Crippen LogP contribution in [0, 0.1) is 5.92 Å². The minimum atomic E-state index is -3.78. The number of anilines is 1. The lowest BCUT2D eigenvalue weighted by molar-refractivity contribution is -0.119. The lowest BCUT2D eigenvalue weighted by Gasteiger charge is -2.22. The number of sulfonamides is 1. The SMILES string of the molecule is CCOC(=O)NC(C(=O)Nc1ccc(OCC)c(S(=O)(=O)N(C)C)c1)C(C)C. The maximum absolute atomic E-state index is 12.6. The van der Waals surface area contributed by atoms with Crippen molar-refractivity contribution < 1.29 is 27.5 Å². The first-order valence-corrected chi connectivity index (χ1v) is 10.4. The molecule has 1 rings (SSSR count). The first-order valence-electron chi connectivity index (χ1n) is 8.98. The Morgan fingerprint density at radius 1 is 1.14 bits per heavy atom. The van der Waals surface area contributed by atoms with Gasteiger partial charge in [-0.15, -0.1) is 0 Å². The fourth-order valence-electron chi connectivity index (χ4n) is 2.31. The molecular weight excluding hydrogens is 386 g/mol. The van der Waals surface area contributed by atoms with E-state index in [-0.39, 0.29) is 28.9 Å². The Bertz CT molecular complexity index is 793. The van der Waals surface area contributed by atoms with Crippen molar-refractivity contribution in [3.8, 4) is 5.75 Å². The second kappa shape index (κ2) is 10.3. The van der Waals surface area contributed by atoms with E-state index in [1.165, 1.54) is 26.2 Å². The van der Waals surface area contributed by atoms with Crippen LogP contribution in [0.5, 0.6) is 5.75 Å². The van der Waals surface area contributed by atoms with Crippen molar-refractivity contribution in [2.24, 2.45) is 5.92 Å². The van der Waals surface area contributed by atoms with Crippen LogP contribution in [-0.4, -0.2) is 58.1 Å². The van der Waals surface area contributed by atoms with Crippen molar-refractivity contribution in [3.63, 3.8) is 0 Å². The van der Waals surface area contributed by atoms with Gasteiger partial charge < -0.3 is 20.1 Å². The second-order valence-electron chi connectivity index (χ2n) is 6.46. The highest BCUT2D eigenvalue weighted by atomic mass is 32.2. The van der Waals surface area contributed by atoms with Crippen molar-refractivity contribution in [1.82, 2.24) is 9.62 Å². The maximum Gasteiger partial charge on any atom is 0.407 e. The van der Waals surface area contributed by atoms with E-state index in [0.717, 1.165) is 4.31 Å². The average Bonchev–Trinajstić information content (AvgIpc) is 2.60. The molecule has 1 aromatic carbocycles. The summed E-state index contributed by atoms with van der Waals surface area (Å²) in [6, 6.07) is 3.51. The van der Waals surface area contributed by atoms with E-state index >= 15 is 0 Å². The van der Waals surface area contributed by atoms with Crippen LogP contribution in [-0.2, 0) is 19.6 Å². The molecule has 0 bridgehead atoms. The van der Waals surface area contributed by atoms with Crippen molar-refractivity contribution in [1.29, 1.82) is 0 Å². The predicted molar refractivity (Wildman–Crippen MR) is 106 cm³/mol. The van der Waals surface area contributed by atoms with Crippen molar-refractivity contribution in [2.45, 2.75) is 38.6 Å². The number of carbonyl (C=O) groups excluding carboxylic acids is 2. The molecule has 158 valence electrons. The maximum atomic E-state index is 12.6. The first kappa shape index (κ1) is 23.7. The molecule has 10 heteroatoms. The van der Waals surface area contributed by atoms with E-state index in [2.05, 4.69) is 10.6 Å². The Kier molecular flexibility index (Phi) is 8.70. The van der Waals surface area contributed by atoms with Crippen LogP contribution in [0.15, 0.2) is 23.1 Å². The van der Waals surface area contributed by atoms with Gasteiger partial charge in [0.15, 0.2) is 0 Å². The topological polar surface area (TPSA) is 114 Å². The highest BCUT2D eigenvalue weighted by Gasteiger charge is 2.27. The fourth-order valence-corrected chi connectivity index (χ4v) is 3.36. The molecule has 1 unspecified atom stereocenters. The highest BCUT2D eigenvalue weighted by molar-refractivity contribution is 7.89. The van der Waals surface area contributed by atoms with E-state index < -0.39 is 28.1 Å². The third-order valence-electron chi connectivity index (χ3n) is 3.77. The summed E-state index contributed by atoms with van der Waals surface area (Å²) in [6.07, 6.45) is -0.695. The Balaban J connectivity index is 3.16. The lowest BCUT2D eigenvalue weighted by atomic mass is 10.0. The number of hydrogen-bond donors (Lipinski definition) is 2. The molecule has 0 aliphatic carbocycles. The van der Waals surface area contributed by atoms with Crippen molar-refractivity contribution in [3.05, 3.63) is 18.2 Å². The predicted octanol–water partition coefficient (Wildman–Crippen LogP) is 2.04. The molecular formula is C18H29N3O6S. The number of hydrogen-bond acceptors (Lipinski definition) is 6. The van der Waals surface area contributed by atoms with Crippen LogP contribution in [0.1, 0.15) is 27.7 Å². The van der Waals surface area contributed by atoms with Crippen LogP contribution in [0.3, 0.4) is 0 Å². The number of alkyl carbamates (subject to hydrolysis) is 1. The summed E-state index contributed by atoms with van der Waals surface area (Å²) in [5.41, 5.74) is 0.269. The van der Waals surface area contributed by atoms with Gasteiger partial charge in [0.25, 0.3) is 0 Å². The number of amides is 2. The van der Waals surface area contributed by atoms with Gasteiger partial charge >= 0.3 is 6.09 Å². The van der Waals surface area contributed by atoms with Gasteiger partial charge in [0.2, 0.25) is 15.9 Å². The molecule has 2 amide bonds. The molecule has 28 heavy (non-hydrogen) atoms. The number of benzene rings is 1. The smallest absolute Gasteiger partial charge is 0.407 e. The van der Waals surface area contributed by atoms with Crippen LogP contribution < -0.4 is 15.4 Å². The highest BCUT2D eigenvalue weighted by Crippen LogP contribution is 2.29. The summed E-state index contributed by atoms with van der Waals surface area (Å²) < 4.78 is 36.5. The monoisotopic (exact) mass is 415 g/mol. The summed E-state index contributed by atoms with van der Waals surface area (Å²) in [5.74, 6) is -0.503. The molecule has 0 aliphatic rings. The van der Waals surface area contributed by atoms with Gasteiger partial charge in [0.05, 0.1) is 13.2 Å². The second-order valence-corrected chi connectivity index (χ2v) is 8.58. The van der Waals surface area contributed by atoms with E-state index in [4.69, 9.17) is 9.47 Å². The van der Waals surface area contributed by atoms with Gasteiger partial charge in [0.1, 0.15) is 16.7 Å². The number of ether oxygens (including phenoxy) is 2. The van der Waals surface area contributed by atoms with Crippen molar-refractivity contribution >= 4 is 27.7 Å². The molecule has 2 N–H and O–H groups in total. The molecule has 0 saturated carbocycles. The zero-order chi connectivity index (χ0) is 21.5. The molecule has 0 saturated heterocycles. The Morgan fingerprint density at radius 2 is 1.79 bits per heavy atom. The standard InChI is InChI=1S/C18H29N3O6S/c1-7-26-14-10-9-13(11-15(14)28(24,25)21(5)6)19-17(22)16(12(3)4)20-18(23)27-8-2/h9-12,16H,7-8H2,1-6H3,(H,19,22)(H,20,23). The number of carbonyl (C=O) groups is 2. The summed E-state index contributed by atoms with van der Waals surface area (Å²) in [7, 11) is -0.962. The minimum absolute atomic E-state index is 0.0587. The largest absolute Gasteiger partial charge is 0.492 e. The Labute approximate surface area is 166 Å². The zero-order valence-electron chi connectivity index (χ0n) is 17.1. The first-order chi connectivity index (χ1) is 13.0. The van der Waals surface area contributed by atoms with Crippen molar-refractivity contribution in [2.75, 3.05) is 32.6 Å². The summed E-state index contributed by atoms with van der Waals surface area (Å²) in [4.78, 5) is 24.2. The molecule has 0 aliphatic heterocycles. The molecule has 0 heterocycles. The van der Waals surface area contributed by atoms with Gasteiger partial charge in [-0.2, -0.15) is 0 Å². The normalized spacial score (nSPS) is 12.6. The average molecular weight is 416 g/mol. The van der Waals surface area contributed by atoms with Crippen LogP contribution >= 0.6 is 0 Å². The molecule has 0 fully saturated rings. The minimum Gasteiger partial charge on any atom is -0.492 e. The summed E-state index contributed by atoms with van der Waals surface area (Å²) in [5, 5.41) is 5.15. The van der Waals surface area contributed by atoms with Crippen LogP contribution in [0.2, 0.25) is 0 Å². The molecule has 0 spiro atoms. The van der Waals surface area contributed by atoms with Crippen LogP contribution in [0.25, 0.3) is 0 Å². The molecule has 1 atom stereocenters.